The minimum Gasteiger partial charge on any atom is -0.468 e. The van der Waals surface area contributed by atoms with Crippen LogP contribution in [0.5, 0.6) is 0 Å². The zero-order chi connectivity index (χ0) is 21.3. The van der Waals surface area contributed by atoms with E-state index in [1.807, 2.05) is 12.1 Å². The highest BCUT2D eigenvalue weighted by Gasteiger charge is 2.48. The Hall–Kier alpha value is -2.40. The highest BCUT2D eigenvalue weighted by atomic mass is 16.3. The highest BCUT2D eigenvalue weighted by Crippen LogP contribution is 2.53. The fourth-order valence-electron chi connectivity index (χ4n) is 5.31. The number of hydrogen-bond donors (Lipinski definition) is 1. The van der Waals surface area contributed by atoms with Crippen molar-refractivity contribution in [2.75, 3.05) is 25.5 Å². The van der Waals surface area contributed by atoms with Gasteiger partial charge in [-0.05, 0) is 74.8 Å². The standard InChI is InChI=1S/C26H34N4O/c1-30(2)24-22-7-3-4-8-23(22)28-25(29-24)26(13-14-26)16-19-9-11-20(12-10-19)17-27-18-21-6-5-15-31-21/h3-8,15,19-20,27H,9-14,16-18H2,1-2H3. The van der Waals surface area contributed by atoms with Crippen molar-refractivity contribution in [2.45, 2.75) is 56.9 Å². The van der Waals surface area contributed by atoms with Gasteiger partial charge in [0.1, 0.15) is 17.4 Å². The van der Waals surface area contributed by atoms with Gasteiger partial charge >= 0.3 is 0 Å². The number of nitrogens with zero attached hydrogens (tertiary/aromatic N) is 3. The first-order chi connectivity index (χ1) is 15.1. The van der Waals surface area contributed by atoms with Crippen molar-refractivity contribution in [3.8, 4) is 0 Å². The van der Waals surface area contributed by atoms with Gasteiger partial charge in [-0.15, -0.1) is 0 Å². The van der Waals surface area contributed by atoms with E-state index in [1.54, 1.807) is 6.26 Å². The quantitative estimate of drug-likeness (QED) is 0.537. The van der Waals surface area contributed by atoms with E-state index < -0.39 is 0 Å². The molecule has 5 heteroatoms. The molecule has 1 N–H and O–H groups in total. The first-order valence-electron chi connectivity index (χ1n) is 11.8. The van der Waals surface area contributed by atoms with E-state index >= 15 is 0 Å². The molecular formula is C26H34N4O. The lowest BCUT2D eigenvalue weighted by molar-refractivity contribution is 0.239. The molecule has 3 aromatic rings. The summed E-state index contributed by atoms with van der Waals surface area (Å²) >= 11 is 0. The molecule has 0 atom stereocenters. The molecule has 0 aliphatic heterocycles. The normalized spacial score (nSPS) is 22.5. The Morgan fingerprint density at radius 2 is 1.77 bits per heavy atom. The molecule has 1 aromatic carbocycles. The molecule has 164 valence electrons. The van der Waals surface area contributed by atoms with Gasteiger partial charge in [0.2, 0.25) is 0 Å². The van der Waals surface area contributed by atoms with Gasteiger partial charge < -0.3 is 14.6 Å². The summed E-state index contributed by atoms with van der Waals surface area (Å²) in [4.78, 5) is 12.2. The lowest BCUT2D eigenvalue weighted by atomic mass is 9.77. The molecule has 2 heterocycles. The lowest BCUT2D eigenvalue weighted by Gasteiger charge is -2.31. The van der Waals surface area contributed by atoms with Gasteiger partial charge in [0.05, 0.1) is 18.3 Å². The van der Waals surface area contributed by atoms with Gasteiger partial charge in [-0.3, -0.25) is 0 Å². The average Bonchev–Trinajstić information content (AvgIpc) is 3.38. The Kier molecular flexibility index (Phi) is 5.70. The highest BCUT2D eigenvalue weighted by molar-refractivity contribution is 5.89. The van der Waals surface area contributed by atoms with Gasteiger partial charge in [0.25, 0.3) is 0 Å². The summed E-state index contributed by atoms with van der Waals surface area (Å²) in [5, 5.41) is 4.72. The van der Waals surface area contributed by atoms with E-state index in [0.717, 1.165) is 53.2 Å². The molecule has 2 fully saturated rings. The monoisotopic (exact) mass is 418 g/mol. The Bertz CT molecular complexity index is 1000. The summed E-state index contributed by atoms with van der Waals surface area (Å²) in [5.41, 5.74) is 1.29. The molecular weight excluding hydrogens is 384 g/mol. The van der Waals surface area contributed by atoms with Gasteiger partial charge in [0, 0.05) is 24.9 Å². The molecule has 2 aliphatic rings. The second-order valence-corrected chi connectivity index (χ2v) is 9.86. The number of hydrogen-bond acceptors (Lipinski definition) is 5. The predicted octanol–water partition coefficient (Wildman–Crippen LogP) is 5.31. The van der Waals surface area contributed by atoms with Gasteiger partial charge in [-0.2, -0.15) is 0 Å². The molecule has 2 saturated carbocycles. The third kappa shape index (κ3) is 4.47. The van der Waals surface area contributed by atoms with Crippen molar-refractivity contribution < 1.29 is 4.42 Å². The first kappa shape index (κ1) is 20.5. The molecule has 0 unspecified atom stereocenters. The summed E-state index contributed by atoms with van der Waals surface area (Å²) in [5.74, 6) is 4.76. The van der Waals surface area contributed by atoms with Crippen molar-refractivity contribution in [1.29, 1.82) is 0 Å². The number of aromatic nitrogens is 2. The third-order valence-corrected chi connectivity index (χ3v) is 7.29. The molecule has 0 spiro atoms. The number of rotatable bonds is 8. The average molecular weight is 419 g/mol. The SMILES string of the molecule is CN(C)c1nc(C2(CC3CCC(CNCc4ccco4)CC3)CC2)nc2ccccc12. The topological polar surface area (TPSA) is 54.2 Å². The number of nitrogens with one attached hydrogen (secondary N) is 1. The lowest BCUT2D eigenvalue weighted by Crippen LogP contribution is -2.28. The zero-order valence-electron chi connectivity index (χ0n) is 18.8. The first-order valence-corrected chi connectivity index (χ1v) is 11.8. The van der Waals surface area contributed by atoms with E-state index in [2.05, 4.69) is 48.6 Å². The summed E-state index contributed by atoms with van der Waals surface area (Å²) in [6.07, 6.45) is 10.8. The second kappa shape index (κ2) is 8.62. The number of anilines is 1. The Labute approximate surface area is 185 Å². The molecule has 0 saturated heterocycles. The van der Waals surface area contributed by atoms with Crippen molar-refractivity contribution in [3.05, 3.63) is 54.2 Å². The molecule has 2 aliphatic carbocycles. The van der Waals surface area contributed by atoms with Crippen LogP contribution in [-0.4, -0.2) is 30.6 Å². The molecule has 0 radical (unpaired) electrons. The Morgan fingerprint density at radius 3 is 2.48 bits per heavy atom. The summed E-state index contributed by atoms with van der Waals surface area (Å²) < 4.78 is 5.42. The smallest absolute Gasteiger partial charge is 0.139 e. The maximum absolute atomic E-state index is 5.42. The summed E-state index contributed by atoms with van der Waals surface area (Å²) in [6, 6.07) is 12.4. The fourth-order valence-corrected chi connectivity index (χ4v) is 5.31. The minimum absolute atomic E-state index is 0.212. The van der Waals surface area contributed by atoms with Crippen molar-refractivity contribution in [2.24, 2.45) is 11.8 Å². The van der Waals surface area contributed by atoms with Crippen LogP contribution in [0.3, 0.4) is 0 Å². The van der Waals surface area contributed by atoms with Crippen LogP contribution in [0.1, 0.15) is 56.5 Å². The van der Waals surface area contributed by atoms with E-state index in [4.69, 9.17) is 14.4 Å². The Morgan fingerprint density at radius 1 is 1.00 bits per heavy atom. The van der Waals surface area contributed by atoms with Gasteiger partial charge in [-0.1, -0.05) is 25.0 Å². The molecule has 2 aromatic heterocycles. The molecule has 5 rings (SSSR count). The summed E-state index contributed by atoms with van der Waals surface area (Å²) in [7, 11) is 4.17. The molecule has 0 bridgehead atoms. The second-order valence-electron chi connectivity index (χ2n) is 9.86. The van der Waals surface area contributed by atoms with E-state index in [-0.39, 0.29) is 5.41 Å². The minimum atomic E-state index is 0.212. The van der Waals surface area contributed by atoms with Crippen LogP contribution in [-0.2, 0) is 12.0 Å². The van der Waals surface area contributed by atoms with Gasteiger partial charge in [-0.25, -0.2) is 9.97 Å². The van der Waals surface area contributed by atoms with Crippen LogP contribution in [0.25, 0.3) is 10.9 Å². The van der Waals surface area contributed by atoms with E-state index in [9.17, 15) is 0 Å². The Balaban J connectivity index is 1.20. The van der Waals surface area contributed by atoms with Crippen LogP contribution in [0.15, 0.2) is 47.1 Å². The van der Waals surface area contributed by atoms with Crippen molar-refractivity contribution in [1.82, 2.24) is 15.3 Å². The van der Waals surface area contributed by atoms with E-state index in [0.29, 0.717) is 0 Å². The molecule has 31 heavy (non-hydrogen) atoms. The largest absolute Gasteiger partial charge is 0.468 e. The number of benzene rings is 1. The molecule has 5 nitrogen and oxygen atoms in total. The van der Waals surface area contributed by atoms with Crippen LogP contribution in [0, 0.1) is 11.8 Å². The van der Waals surface area contributed by atoms with Crippen LogP contribution < -0.4 is 10.2 Å². The molecule has 0 amide bonds. The number of fused-ring (bicyclic) bond motifs is 1. The van der Waals surface area contributed by atoms with Gasteiger partial charge in [0.15, 0.2) is 0 Å². The fraction of sp³-hybridized carbons (Fsp3) is 0.538. The van der Waals surface area contributed by atoms with Crippen molar-refractivity contribution in [3.63, 3.8) is 0 Å². The van der Waals surface area contributed by atoms with Crippen LogP contribution in [0.4, 0.5) is 5.82 Å². The maximum Gasteiger partial charge on any atom is 0.139 e. The summed E-state index contributed by atoms with van der Waals surface area (Å²) in [6.45, 7) is 1.93. The van der Waals surface area contributed by atoms with E-state index in [1.165, 1.54) is 44.9 Å². The third-order valence-electron chi connectivity index (χ3n) is 7.29. The maximum atomic E-state index is 5.42. The number of furan rings is 1. The number of para-hydroxylation sites is 1. The predicted molar refractivity (Wildman–Crippen MR) is 125 cm³/mol. The zero-order valence-corrected chi connectivity index (χ0v) is 18.8. The van der Waals surface area contributed by atoms with Crippen LogP contribution in [0.2, 0.25) is 0 Å². The van der Waals surface area contributed by atoms with Crippen LogP contribution >= 0.6 is 0 Å². The van der Waals surface area contributed by atoms with Crippen molar-refractivity contribution >= 4 is 16.7 Å².